The molecule has 0 bridgehead atoms. The van der Waals surface area contributed by atoms with Gasteiger partial charge in [0.05, 0.1) is 27.5 Å². The molecule has 8 nitrogen and oxygen atoms in total. The largest absolute Gasteiger partial charge is 0.497 e. The number of esters is 1. The molecule has 27 heavy (non-hydrogen) atoms. The van der Waals surface area contributed by atoms with Crippen molar-refractivity contribution in [3.8, 4) is 23.0 Å². The number of hydrogen-bond donors (Lipinski definition) is 1. The van der Waals surface area contributed by atoms with Gasteiger partial charge in [-0.1, -0.05) is 0 Å². The van der Waals surface area contributed by atoms with Gasteiger partial charge in [-0.25, -0.2) is 5.43 Å². The molecule has 0 aliphatic heterocycles. The van der Waals surface area contributed by atoms with Crippen LogP contribution in [0, 0.1) is 0 Å². The fourth-order valence-corrected chi connectivity index (χ4v) is 2.17. The van der Waals surface area contributed by atoms with Crippen molar-refractivity contribution in [2.45, 2.75) is 6.92 Å². The van der Waals surface area contributed by atoms with Crippen LogP contribution >= 0.6 is 0 Å². The molecular weight excluding hydrogens is 352 g/mol. The van der Waals surface area contributed by atoms with E-state index in [1.807, 2.05) is 0 Å². The van der Waals surface area contributed by atoms with E-state index in [0.717, 1.165) is 0 Å². The lowest BCUT2D eigenvalue weighted by atomic mass is 10.2. The number of hydrogen-bond acceptors (Lipinski definition) is 7. The zero-order valence-corrected chi connectivity index (χ0v) is 15.4. The molecule has 2 aromatic rings. The number of benzene rings is 2. The van der Waals surface area contributed by atoms with Gasteiger partial charge in [-0.2, -0.15) is 5.10 Å². The van der Waals surface area contributed by atoms with E-state index in [-0.39, 0.29) is 0 Å². The molecule has 0 fully saturated rings. The Kier molecular flexibility index (Phi) is 6.76. The Balaban J connectivity index is 2.10. The van der Waals surface area contributed by atoms with E-state index in [0.29, 0.717) is 34.1 Å². The summed E-state index contributed by atoms with van der Waals surface area (Å²) in [4.78, 5) is 23.3. The number of nitrogens with zero attached hydrogens (tertiary/aromatic N) is 1. The van der Waals surface area contributed by atoms with Crippen LogP contribution in [-0.2, 0) is 4.79 Å². The van der Waals surface area contributed by atoms with E-state index in [1.54, 1.807) is 36.4 Å². The molecule has 0 unspecified atom stereocenters. The Morgan fingerprint density at radius 2 is 1.59 bits per heavy atom. The van der Waals surface area contributed by atoms with Gasteiger partial charge in [0.2, 0.25) is 0 Å². The van der Waals surface area contributed by atoms with E-state index in [1.165, 1.54) is 34.5 Å². The third kappa shape index (κ3) is 5.46. The number of amides is 1. The highest BCUT2D eigenvalue weighted by Crippen LogP contribution is 2.27. The van der Waals surface area contributed by atoms with E-state index in [4.69, 9.17) is 18.9 Å². The van der Waals surface area contributed by atoms with Crippen molar-refractivity contribution in [1.29, 1.82) is 0 Å². The first-order valence-corrected chi connectivity index (χ1v) is 7.89. The van der Waals surface area contributed by atoms with Crippen LogP contribution in [0.15, 0.2) is 41.5 Å². The van der Waals surface area contributed by atoms with Gasteiger partial charge in [-0.15, -0.1) is 0 Å². The fourth-order valence-electron chi connectivity index (χ4n) is 2.17. The average molecular weight is 372 g/mol. The number of rotatable bonds is 7. The van der Waals surface area contributed by atoms with Gasteiger partial charge in [0.1, 0.15) is 11.5 Å². The third-order valence-electron chi connectivity index (χ3n) is 3.43. The SMILES string of the molecule is COc1cc(OC)cc(C(=O)N/N=C\c2ccc(OC(C)=O)c(OC)c2)c1. The number of carbonyl (C=O) groups excluding carboxylic acids is 2. The van der Waals surface area contributed by atoms with Crippen molar-refractivity contribution in [2.75, 3.05) is 21.3 Å². The maximum absolute atomic E-state index is 12.3. The van der Waals surface area contributed by atoms with E-state index in [2.05, 4.69) is 10.5 Å². The topological polar surface area (TPSA) is 95.5 Å². The Hall–Kier alpha value is -3.55. The molecule has 0 saturated carbocycles. The number of carbonyl (C=O) groups is 2. The van der Waals surface area contributed by atoms with Gasteiger partial charge < -0.3 is 18.9 Å². The molecule has 0 spiro atoms. The molecule has 0 heterocycles. The predicted molar refractivity (Wildman–Crippen MR) is 98.9 cm³/mol. The van der Waals surface area contributed by atoms with Crippen LogP contribution in [0.1, 0.15) is 22.8 Å². The summed E-state index contributed by atoms with van der Waals surface area (Å²) in [6, 6.07) is 9.69. The third-order valence-corrected chi connectivity index (χ3v) is 3.43. The van der Waals surface area contributed by atoms with Crippen LogP contribution in [0.3, 0.4) is 0 Å². The van der Waals surface area contributed by atoms with Gasteiger partial charge in [0, 0.05) is 18.6 Å². The van der Waals surface area contributed by atoms with Crippen molar-refractivity contribution >= 4 is 18.1 Å². The van der Waals surface area contributed by atoms with Gasteiger partial charge in [-0.3, -0.25) is 9.59 Å². The number of hydrazone groups is 1. The molecule has 0 atom stereocenters. The molecule has 0 aliphatic rings. The average Bonchev–Trinajstić information content (AvgIpc) is 2.67. The summed E-state index contributed by atoms with van der Waals surface area (Å²) < 4.78 is 20.5. The Morgan fingerprint density at radius 1 is 0.926 bits per heavy atom. The van der Waals surface area contributed by atoms with Crippen LogP contribution < -0.4 is 24.4 Å². The molecule has 0 radical (unpaired) electrons. The van der Waals surface area contributed by atoms with Gasteiger partial charge >= 0.3 is 5.97 Å². The lowest BCUT2D eigenvalue weighted by Gasteiger charge is -2.08. The maximum atomic E-state index is 12.3. The van der Waals surface area contributed by atoms with Gasteiger partial charge in [-0.05, 0) is 35.9 Å². The summed E-state index contributed by atoms with van der Waals surface area (Å²) in [6.45, 7) is 1.30. The summed E-state index contributed by atoms with van der Waals surface area (Å²) in [6.07, 6.45) is 1.44. The second-order valence-electron chi connectivity index (χ2n) is 5.30. The summed E-state index contributed by atoms with van der Waals surface area (Å²) in [5.74, 6) is 0.791. The molecule has 0 aliphatic carbocycles. The first-order valence-electron chi connectivity index (χ1n) is 7.89. The minimum absolute atomic E-state index is 0.301. The van der Waals surface area contributed by atoms with Crippen LogP contribution in [0.5, 0.6) is 23.0 Å². The lowest BCUT2D eigenvalue weighted by Crippen LogP contribution is -2.17. The monoisotopic (exact) mass is 372 g/mol. The standard InChI is InChI=1S/C19H20N2O6/c1-12(22)27-17-6-5-13(7-18(17)26-4)11-20-21-19(23)14-8-15(24-2)10-16(9-14)25-3/h5-11H,1-4H3,(H,21,23)/b20-11-. The van der Waals surface area contributed by atoms with E-state index in [9.17, 15) is 9.59 Å². The highest BCUT2D eigenvalue weighted by atomic mass is 16.6. The minimum Gasteiger partial charge on any atom is -0.497 e. The predicted octanol–water partition coefficient (Wildman–Crippen LogP) is 2.40. The molecule has 142 valence electrons. The maximum Gasteiger partial charge on any atom is 0.308 e. The zero-order chi connectivity index (χ0) is 19.8. The summed E-state index contributed by atoms with van der Waals surface area (Å²) >= 11 is 0. The number of methoxy groups -OCH3 is 3. The van der Waals surface area contributed by atoms with Crippen molar-refractivity contribution in [2.24, 2.45) is 5.10 Å². The smallest absolute Gasteiger partial charge is 0.308 e. The fraction of sp³-hybridized carbons (Fsp3) is 0.211. The van der Waals surface area contributed by atoms with Crippen molar-refractivity contribution < 1.29 is 28.5 Å². The van der Waals surface area contributed by atoms with Crippen molar-refractivity contribution in [3.05, 3.63) is 47.5 Å². The van der Waals surface area contributed by atoms with Crippen LogP contribution in [0.4, 0.5) is 0 Å². The van der Waals surface area contributed by atoms with Crippen LogP contribution in [0.2, 0.25) is 0 Å². The lowest BCUT2D eigenvalue weighted by molar-refractivity contribution is -0.132. The molecule has 0 aromatic heterocycles. The van der Waals surface area contributed by atoms with E-state index >= 15 is 0 Å². The van der Waals surface area contributed by atoms with Gasteiger partial charge in [0.25, 0.3) is 5.91 Å². The van der Waals surface area contributed by atoms with Crippen LogP contribution in [0.25, 0.3) is 0 Å². The molecular formula is C19H20N2O6. The normalized spacial score (nSPS) is 10.4. The molecule has 2 rings (SSSR count). The minimum atomic E-state index is -0.448. The molecule has 1 amide bonds. The number of nitrogens with one attached hydrogen (secondary N) is 1. The van der Waals surface area contributed by atoms with Gasteiger partial charge in [0.15, 0.2) is 11.5 Å². The highest BCUT2D eigenvalue weighted by molar-refractivity contribution is 5.95. The van der Waals surface area contributed by atoms with Crippen molar-refractivity contribution in [3.63, 3.8) is 0 Å². The quantitative estimate of drug-likeness (QED) is 0.347. The molecule has 0 saturated heterocycles. The second kappa shape index (κ2) is 9.23. The highest BCUT2D eigenvalue weighted by Gasteiger charge is 2.10. The zero-order valence-electron chi connectivity index (χ0n) is 15.4. The van der Waals surface area contributed by atoms with Crippen molar-refractivity contribution in [1.82, 2.24) is 5.43 Å². The number of ether oxygens (including phenoxy) is 4. The van der Waals surface area contributed by atoms with E-state index < -0.39 is 11.9 Å². The Morgan fingerprint density at radius 3 is 2.15 bits per heavy atom. The molecule has 8 heteroatoms. The Labute approximate surface area is 156 Å². The second-order valence-corrected chi connectivity index (χ2v) is 5.30. The summed E-state index contributed by atoms with van der Waals surface area (Å²) in [7, 11) is 4.46. The summed E-state index contributed by atoms with van der Waals surface area (Å²) in [5.41, 5.74) is 3.41. The summed E-state index contributed by atoms with van der Waals surface area (Å²) in [5, 5.41) is 3.93. The Bertz CT molecular complexity index is 841. The van der Waals surface area contributed by atoms with Crippen LogP contribution in [-0.4, -0.2) is 39.4 Å². The molecule has 2 aromatic carbocycles. The molecule has 1 N–H and O–H groups in total. The first kappa shape index (κ1) is 19.8. The first-order chi connectivity index (χ1) is 13.0.